The molecule has 0 atom stereocenters. The normalized spacial score (nSPS) is 11.6. The molecule has 2 amide bonds. The van der Waals surface area contributed by atoms with Crippen LogP contribution in [0.4, 0.5) is 34.6 Å². The molecule has 12 heteroatoms. The highest BCUT2D eigenvalue weighted by atomic mass is 19.4. The number of nitro groups is 1. The molecule has 0 aliphatic rings. The number of amides is 2. The van der Waals surface area contributed by atoms with Crippen molar-refractivity contribution in [1.29, 1.82) is 0 Å². The molecule has 4 aromatic carbocycles. The number of para-hydroxylation sites is 2. The zero-order valence-electron chi connectivity index (χ0n) is 21.6. The maximum Gasteiger partial charge on any atom is 0.419 e. The number of rotatable bonds is 8. The van der Waals surface area contributed by atoms with Crippen molar-refractivity contribution in [3.05, 3.63) is 135 Å². The molecule has 0 fully saturated rings. The summed E-state index contributed by atoms with van der Waals surface area (Å²) in [6.45, 7) is -0.0199. The van der Waals surface area contributed by atoms with Crippen LogP contribution in [0.2, 0.25) is 0 Å². The number of hydrogen-bond acceptors (Lipinski definition) is 5. The van der Waals surface area contributed by atoms with Gasteiger partial charge in [-0.3, -0.25) is 19.7 Å². The molecule has 0 aliphatic heterocycles. The second-order valence-corrected chi connectivity index (χ2v) is 9.02. The Morgan fingerprint density at radius 3 is 2.17 bits per heavy atom. The van der Waals surface area contributed by atoms with Crippen molar-refractivity contribution >= 4 is 40.5 Å². The Kier molecular flexibility index (Phi) is 8.65. The average molecular weight is 579 g/mol. The van der Waals surface area contributed by atoms with Gasteiger partial charge in [0.25, 0.3) is 17.5 Å². The van der Waals surface area contributed by atoms with Crippen LogP contribution in [0.3, 0.4) is 0 Å². The number of nitro benzene ring substituents is 1. The van der Waals surface area contributed by atoms with Crippen LogP contribution in [0.5, 0.6) is 0 Å². The van der Waals surface area contributed by atoms with Gasteiger partial charge in [0.1, 0.15) is 5.82 Å². The Balaban J connectivity index is 1.55. The summed E-state index contributed by atoms with van der Waals surface area (Å²) in [5.74, 6) is -2.57. The Morgan fingerprint density at radius 1 is 0.905 bits per heavy atom. The van der Waals surface area contributed by atoms with Crippen molar-refractivity contribution in [3.63, 3.8) is 0 Å². The summed E-state index contributed by atoms with van der Waals surface area (Å²) in [6, 6.07) is 20.2. The summed E-state index contributed by atoms with van der Waals surface area (Å²) >= 11 is 0. The molecule has 8 nitrogen and oxygen atoms in total. The highest BCUT2D eigenvalue weighted by Gasteiger charge is 2.34. The minimum atomic E-state index is -4.96. The number of halogens is 4. The number of benzene rings is 4. The lowest BCUT2D eigenvalue weighted by Gasteiger charge is -2.12. The molecular formula is C30H22F4N4O4. The minimum absolute atomic E-state index is 0.0199. The Bertz CT molecular complexity index is 1670. The Hall–Kier alpha value is -5.52. The number of nitrogen functional groups attached to an aromatic ring is 1. The highest BCUT2D eigenvalue weighted by Crippen LogP contribution is 2.33. The number of carbonyl (C=O) groups is 2. The van der Waals surface area contributed by atoms with Gasteiger partial charge in [0.2, 0.25) is 0 Å². The molecule has 0 spiro atoms. The molecule has 0 heterocycles. The minimum Gasteiger partial charge on any atom is -0.397 e. The van der Waals surface area contributed by atoms with Gasteiger partial charge in [-0.15, -0.1) is 0 Å². The topological polar surface area (TPSA) is 127 Å². The van der Waals surface area contributed by atoms with E-state index in [1.807, 2.05) is 0 Å². The number of non-ortho nitro benzene ring substituents is 1. The molecule has 0 saturated carbocycles. The monoisotopic (exact) mass is 578 g/mol. The van der Waals surface area contributed by atoms with Crippen LogP contribution >= 0.6 is 0 Å². The SMILES string of the molecule is Nc1ccccc1NC(=O)c1ccc(CNC(=O)/C(=C/c2ccc(F)c(C(F)(F)F)c2)c2ccc([N+](=O)[O-])cc2)cc1. The molecule has 4 rings (SSSR count). The summed E-state index contributed by atoms with van der Waals surface area (Å²) in [5, 5.41) is 16.4. The number of hydrogen-bond donors (Lipinski definition) is 3. The molecule has 0 saturated heterocycles. The van der Waals surface area contributed by atoms with Crippen LogP contribution in [0.1, 0.15) is 32.6 Å². The predicted molar refractivity (Wildman–Crippen MR) is 149 cm³/mol. The summed E-state index contributed by atoms with van der Waals surface area (Å²) in [5.41, 5.74) is 5.85. The fourth-order valence-corrected chi connectivity index (χ4v) is 3.92. The maximum absolute atomic E-state index is 13.8. The molecule has 42 heavy (non-hydrogen) atoms. The maximum atomic E-state index is 13.8. The van der Waals surface area contributed by atoms with Crippen LogP contribution in [0.25, 0.3) is 11.6 Å². The van der Waals surface area contributed by atoms with E-state index in [2.05, 4.69) is 10.6 Å². The van der Waals surface area contributed by atoms with Crippen molar-refractivity contribution in [2.75, 3.05) is 11.1 Å². The van der Waals surface area contributed by atoms with Crippen molar-refractivity contribution in [2.45, 2.75) is 12.7 Å². The van der Waals surface area contributed by atoms with Gasteiger partial charge in [-0.2, -0.15) is 13.2 Å². The van der Waals surface area contributed by atoms with Gasteiger partial charge in [0.15, 0.2) is 0 Å². The van der Waals surface area contributed by atoms with Crippen molar-refractivity contribution in [3.8, 4) is 0 Å². The third kappa shape index (κ3) is 7.16. The smallest absolute Gasteiger partial charge is 0.397 e. The van der Waals surface area contributed by atoms with E-state index in [4.69, 9.17) is 5.73 Å². The number of carbonyl (C=O) groups excluding carboxylic acids is 2. The first-order chi connectivity index (χ1) is 19.9. The highest BCUT2D eigenvalue weighted by molar-refractivity contribution is 6.24. The van der Waals surface area contributed by atoms with Crippen LogP contribution in [0, 0.1) is 15.9 Å². The second-order valence-electron chi connectivity index (χ2n) is 9.02. The van der Waals surface area contributed by atoms with E-state index in [9.17, 15) is 37.3 Å². The van der Waals surface area contributed by atoms with Crippen LogP contribution in [-0.2, 0) is 17.5 Å². The first-order valence-corrected chi connectivity index (χ1v) is 12.3. The molecule has 4 N–H and O–H groups in total. The van der Waals surface area contributed by atoms with Crippen LogP contribution in [-0.4, -0.2) is 16.7 Å². The molecular weight excluding hydrogens is 556 g/mol. The van der Waals surface area contributed by atoms with E-state index >= 15 is 0 Å². The molecule has 0 radical (unpaired) electrons. The summed E-state index contributed by atoms with van der Waals surface area (Å²) in [6.07, 6.45) is -3.83. The van der Waals surface area contributed by atoms with E-state index in [-0.39, 0.29) is 28.9 Å². The summed E-state index contributed by atoms with van der Waals surface area (Å²) in [4.78, 5) is 36.2. The van der Waals surface area contributed by atoms with E-state index < -0.39 is 34.3 Å². The first-order valence-electron chi connectivity index (χ1n) is 12.3. The van der Waals surface area contributed by atoms with Gasteiger partial charge in [0.05, 0.1) is 21.9 Å². The third-order valence-corrected chi connectivity index (χ3v) is 6.12. The number of nitrogens with two attached hydrogens (primary N) is 1. The quantitative estimate of drug-likeness (QED) is 0.0554. The number of nitrogens with one attached hydrogen (secondary N) is 2. The first kappa shape index (κ1) is 29.5. The molecule has 214 valence electrons. The lowest BCUT2D eigenvalue weighted by atomic mass is 10.00. The van der Waals surface area contributed by atoms with Gasteiger partial charge < -0.3 is 16.4 Å². The third-order valence-electron chi connectivity index (χ3n) is 6.12. The van der Waals surface area contributed by atoms with E-state index in [1.54, 1.807) is 48.5 Å². The fraction of sp³-hybridized carbons (Fsp3) is 0.0667. The Labute approximate surface area is 236 Å². The second kappa shape index (κ2) is 12.3. The van der Waals surface area contributed by atoms with Crippen LogP contribution < -0.4 is 16.4 Å². The van der Waals surface area contributed by atoms with Gasteiger partial charge in [0, 0.05) is 29.8 Å². The van der Waals surface area contributed by atoms with E-state index in [0.717, 1.165) is 24.3 Å². The standard InChI is InChI=1S/C30H22F4N4O4/c31-25-14-7-19(16-24(25)30(32,33)34)15-23(20-10-12-22(13-11-20)38(41)42)29(40)36-17-18-5-8-21(9-6-18)28(39)37-27-4-2-1-3-26(27)35/h1-16H,17,35H2,(H,36,40)(H,37,39)/b23-15+. The zero-order valence-corrected chi connectivity index (χ0v) is 21.6. The molecule has 0 unspecified atom stereocenters. The largest absolute Gasteiger partial charge is 0.419 e. The molecule has 0 aromatic heterocycles. The molecule has 0 bridgehead atoms. The van der Waals surface area contributed by atoms with Crippen molar-refractivity contribution in [1.82, 2.24) is 5.32 Å². The van der Waals surface area contributed by atoms with Gasteiger partial charge in [-0.05, 0) is 71.3 Å². The van der Waals surface area contributed by atoms with Gasteiger partial charge >= 0.3 is 6.18 Å². The fourth-order valence-electron chi connectivity index (χ4n) is 3.92. The van der Waals surface area contributed by atoms with Gasteiger partial charge in [-0.1, -0.05) is 30.3 Å². The predicted octanol–water partition coefficient (Wildman–Crippen LogP) is 6.44. The number of nitrogens with zero attached hydrogens (tertiary/aromatic N) is 1. The van der Waals surface area contributed by atoms with Crippen LogP contribution in [0.15, 0.2) is 91.0 Å². The summed E-state index contributed by atoms with van der Waals surface area (Å²) < 4.78 is 53.5. The molecule has 0 aliphatic carbocycles. The number of anilines is 2. The average Bonchev–Trinajstić information content (AvgIpc) is 2.96. The van der Waals surface area contributed by atoms with Crippen molar-refractivity contribution < 1.29 is 32.1 Å². The Morgan fingerprint density at radius 2 is 1.55 bits per heavy atom. The van der Waals surface area contributed by atoms with Gasteiger partial charge in [-0.25, -0.2) is 4.39 Å². The lowest BCUT2D eigenvalue weighted by molar-refractivity contribution is -0.384. The van der Waals surface area contributed by atoms with Crippen molar-refractivity contribution in [2.24, 2.45) is 0 Å². The lowest BCUT2D eigenvalue weighted by Crippen LogP contribution is -2.24. The summed E-state index contributed by atoms with van der Waals surface area (Å²) in [7, 11) is 0. The van der Waals surface area contributed by atoms with E-state index in [0.29, 0.717) is 34.6 Å². The zero-order chi connectivity index (χ0) is 30.4. The van der Waals surface area contributed by atoms with E-state index in [1.165, 1.54) is 12.1 Å². The molecule has 4 aromatic rings. The number of alkyl halides is 3.